The van der Waals surface area contributed by atoms with Crippen LogP contribution < -0.4 is 10.6 Å². The van der Waals surface area contributed by atoms with Crippen LogP contribution in [-0.2, 0) is 4.79 Å². The molecule has 26 heavy (non-hydrogen) atoms. The number of aromatic nitrogens is 2. The molecule has 0 radical (unpaired) electrons. The van der Waals surface area contributed by atoms with Crippen LogP contribution in [0.1, 0.15) is 30.8 Å². The van der Waals surface area contributed by atoms with E-state index in [0.717, 1.165) is 17.3 Å². The number of carbonyl (C=O) groups is 2. The van der Waals surface area contributed by atoms with Crippen LogP contribution in [0.2, 0.25) is 0 Å². The van der Waals surface area contributed by atoms with Gasteiger partial charge in [-0.05, 0) is 30.2 Å². The maximum absolute atomic E-state index is 12.5. The molecule has 3 N–H and O–H groups in total. The molecule has 3 heterocycles. The number of H-pyrrole nitrogens is 1. The monoisotopic (exact) mass is 354 g/mol. The van der Waals surface area contributed by atoms with E-state index >= 15 is 0 Å². The Morgan fingerprint density at radius 2 is 2.12 bits per heavy atom. The van der Waals surface area contributed by atoms with Crippen LogP contribution in [-0.4, -0.2) is 34.9 Å². The van der Waals surface area contributed by atoms with Crippen molar-refractivity contribution in [3.63, 3.8) is 0 Å². The molecule has 7 heteroatoms. The Kier molecular flexibility index (Phi) is 5.06. The van der Waals surface area contributed by atoms with Crippen molar-refractivity contribution in [3.05, 3.63) is 42.4 Å². The van der Waals surface area contributed by atoms with Gasteiger partial charge in [-0.15, -0.1) is 0 Å². The van der Waals surface area contributed by atoms with E-state index in [4.69, 9.17) is 4.42 Å². The molecule has 0 spiro atoms. The first-order valence-electron chi connectivity index (χ1n) is 8.59. The van der Waals surface area contributed by atoms with Crippen molar-refractivity contribution in [3.8, 4) is 11.5 Å². The summed E-state index contributed by atoms with van der Waals surface area (Å²) in [5.74, 6) is -0.00741. The molecule has 3 aromatic rings. The number of nitrogens with zero attached hydrogens (tertiary/aromatic N) is 1. The summed E-state index contributed by atoms with van der Waals surface area (Å²) in [6.07, 6.45) is 4.35. The van der Waals surface area contributed by atoms with Gasteiger partial charge in [-0.3, -0.25) is 14.6 Å². The van der Waals surface area contributed by atoms with Gasteiger partial charge in [0.15, 0.2) is 11.5 Å². The summed E-state index contributed by atoms with van der Waals surface area (Å²) >= 11 is 0. The minimum absolute atomic E-state index is 0.00489. The van der Waals surface area contributed by atoms with Crippen LogP contribution >= 0.6 is 0 Å². The smallest absolute Gasteiger partial charge is 0.287 e. The van der Waals surface area contributed by atoms with Crippen LogP contribution in [0.3, 0.4) is 0 Å². The zero-order valence-corrected chi connectivity index (χ0v) is 15.0. The summed E-state index contributed by atoms with van der Waals surface area (Å²) in [6, 6.07) is 6.47. The fraction of sp³-hybridized carbons (Fsp3) is 0.316. The lowest BCUT2D eigenvalue weighted by Crippen LogP contribution is -2.49. The number of fused-ring (bicyclic) bond motifs is 1. The molecule has 0 aliphatic rings. The first kappa shape index (κ1) is 17.7. The second-order valence-corrected chi connectivity index (χ2v) is 6.25. The van der Waals surface area contributed by atoms with Gasteiger partial charge in [-0.2, -0.15) is 0 Å². The predicted molar refractivity (Wildman–Crippen MR) is 98.6 cm³/mol. The van der Waals surface area contributed by atoms with Gasteiger partial charge in [-0.25, -0.2) is 0 Å². The average molecular weight is 354 g/mol. The third-order valence-electron chi connectivity index (χ3n) is 4.55. The van der Waals surface area contributed by atoms with Crippen molar-refractivity contribution < 1.29 is 14.0 Å². The van der Waals surface area contributed by atoms with Crippen molar-refractivity contribution in [2.24, 2.45) is 5.92 Å². The number of carbonyl (C=O) groups excluding carboxylic acids is 2. The molecule has 1 unspecified atom stereocenters. The molecule has 3 aromatic heterocycles. The molecule has 0 fully saturated rings. The Bertz CT molecular complexity index is 928. The first-order valence-corrected chi connectivity index (χ1v) is 8.59. The molecule has 0 saturated heterocycles. The molecule has 7 nitrogen and oxygen atoms in total. The lowest BCUT2D eigenvalue weighted by atomic mass is 9.98. The molecule has 0 aromatic carbocycles. The van der Waals surface area contributed by atoms with Crippen molar-refractivity contribution in [1.82, 2.24) is 20.6 Å². The van der Waals surface area contributed by atoms with Crippen LogP contribution in [0.5, 0.6) is 0 Å². The average Bonchev–Trinajstić information content (AvgIpc) is 3.33. The molecular formula is C19H22N4O3. The Hall–Kier alpha value is -3.09. The maximum Gasteiger partial charge on any atom is 0.287 e. The predicted octanol–water partition coefficient (Wildman–Crippen LogP) is 2.71. The fourth-order valence-electron chi connectivity index (χ4n) is 2.75. The van der Waals surface area contributed by atoms with Crippen molar-refractivity contribution in [2.45, 2.75) is 26.3 Å². The Labute approximate surface area is 151 Å². The van der Waals surface area contributed by atoms with Gasteiger partial charge in [0.05, 0.1) is 0 Å². The summed E-state index contributed by atoms with van der Waals surface area (Å²) in [5, 5.41) is 6.34. The third kappa shape index (κ3) is 3.46. The molecule has 3 rings (SSSR count). The number of furan rings is 1. The van der Waals surface area contributed by atoms with Gasteiger partial charge < -0.3 is 20.0 Å². The quantitative estimate of drug-likeness (QED) is 0.633. The highest BCUT2D eigenvalue weighted by atomic mass is 16.4. The zero-order valence-electron chi connectivity index (χ0n) is 15.0. The number of pyridine rings is 1. The van der Waals surface area contributed by atoms with Crippen LogP contribution in [0.15, 0.2) is 41.1 Å². The van der Waals surface area contributed by atoms with E-state index in [0.29, 0.717) is 11.5 Å². The van der Waals surface area contributed by atoms with E-state index < -0.39 is 11.9 Å². The highest BCUT2D eigenvalue weighted by Gasteiger charge is 2.26. The zero-order chi connectivity index (χ0) is 18.7. The lowest BCUT2D eigenvalue weighted by molar-refractivity contribution is -0.123. The molecule has 2 amide bonds. The number of aromatic amines is 1. The summed E-state index contributed by atoms with van der Waals surface area (Å²) in [4.78, 5) is 32.0. The normalized spacial score (nSPS) is 13.3. The SMILES string of the molecule is CCC(C)[C@H](NC(=O)c1ccc(-c2cc3[nH]ccc3cn2)o1)C(=O)NC. The third-order valence-corrected chi connectivity index (χ3v) is 4.55. The second kappa shape index (κ2) is 7.43. The van der Waals surface area contributed by atoms with E-state index in [1.165, 1.54) is 0 Å². The molecular weight excluding hydrogens is 332 g/mol. The minimum atomic E-state index is -0.612. The van der Waals surface area contributed by atoms with Crippen molar-refractivity contribution in [1.29, 1.82) is 0 Å². The van der Waals surface area contributed by atoms with Crippen molar-refractivity contribution >= 4 is 22.7 Å². The molecule has 2 atom stereocenters. The maximum atomic E-state index is 12.5. The molecule has 0 aliphatic heterocycles. The van der Waals surface area contributed by atoms with Gasteiger partial charge in [0.1, 0.15) is 11.7 Å². The van der Waals surface area contributed by atoms with Gasteiger partial charge >= 0.3 is 0 Å². The summed E-state index contributed by atoms with van der Waals surface area (Å²) in [5.41, 5.74) is 1.57. The highest BCUT2D eigenvalue weighted by Crippen LogP contribution is 2.23. The van der Waals surface area contributed by atoms with E-state index in [-0.39, 0.29) is 17.6 Å². The molecule has 136 valence electrons. The number of hydrogen-bond donors (Lipinski definition) is 3. The van der Waals surface area contributed by atoms with E-state index in [1.807, 2.05) is 32.2 Å². The topological polar surface area (TPSA) is 100 Å². The fourth-order valence-corrected chi connectivity index (χ4v) is 2.75. The van der Waals surface area contributed by atoms with Gasteiger partial charge in [0.25, 0.3) is 5.91 Å². The molecule has 0 saturated carbocycles. The minimum Gasteiger partial charge on any atom is -0.449 e. The summed E-state index contributed by atoms with van der Waals surface area (Å²) in [7, 11) is 1.55. The summed E-state index contributed by atoms with van der Waals surface area (Å²) < 4.78 is 5.66. The Morgan fingerprint density at radius 3 is 2.85 bits per heavy atom. The summed E-state index contributed by atoms with van der Waals surface area (Å²) in [6.45, 7) is 3.89. The number of nitrogens with one attached hydrogen (secondary N) is 3. The second-order valence-electron chi connectivity index (χ2n) is 6.25. The van der Waals surface area contributed by atoms with E-state index in [1.54, 1.807) is 25.4 Å². The van der Waals surface area contributed by atoms with Crippen LogP contribution in [0, 0.1) is 5.92 Å². The van der Waals surface area contributed by atoms with Crippen LogP contribution in [0.4, 0.5) is 0 Å². The van der Waals surface area contributed by atoms with Gasteiger partial charge in [0, 0.05) is 30.3 Å². The molecule has 0 bridgehead atoms. The Balaban J connectivity index is 1.79. The highest BCUT2D eigenvalue weighted by molar-refractivity contribution is 5.96. The standard InChI is InChI=1S/C19H22N4O3/c1-4-11(2)17(19(25)20-3)23-18(24)16-6-5-15(26-16)14-9-13-12(10-22-14)7-8-21-13/h5-11,17,21H,4H2,1-3H3,(H,20,25)(H,23,24)/t11?,17-/m0/s1. The van der Waals surface area contributed by atoms with E-state index in [2.05, 4.69) is 20.6 Å². The number of hydrogen-bond acceptors (Lipinski definition) is 4. The Morgan fingerprint density at radius 1 is 1.31 bits per heavy atom. The first-order chi connectivity index (χ1) is 12.5. The largest absolute Gasteiger partial charge is 0.449 e. The number of amides is 2. The van der Waals surface area contributed by atoms with Gasteiger partial charge in [0.2, 0.25) is 5.91 Å². The van der Waals surface area contributed by atoms with Crippen LogP contribution in [0.25, 0.3) is 22.4 Å². The van der Waals surface area contributed by atoms with E-state index in [9.17, 15) is 9.59 Å². The van der Waals surface area contributed by atoms with Gasteiger partial charge in [-0.1, -0.05) is 20.3 Å². The van der Waals surface area contributed by atoms with Crippen molar-refractivity contribution in [2.75, 3.05) is 7.05 Å². The molecule has 0 aliphatic carbocycles. The lowest BCUT2D eigenvalue weighted by Gasteiger charge is -2.22. The number of likely N-dealkylation sites (N-methyl/N-ethyl adjacent to an activating group) is 1. The number of rotatable bonds is 6.